The Hall–Kier alpha value is -0.940. The van der Waals surface area contributed by atoms with Crippen molar-refractivity contribution in [1.82, 2.24) is 9.62 Å². The lowest BCUT2D eigenvalue weighted by molar-refractivity contribution is 0.467. The van der Waals surface area contributed by atoms with Gasteiger partial charge >= 0.3 is 0 Å². The summed E-state index contributed by atoms with van der Waals surface area (Å²) in [5.41, 5.74) is 0. The summed E-state index contributed by atoms with van der Waals surface area (Å²) in [7, 11) is -0.150. The Labute approximate surface area is 99.4 Å². The summed E-state index contributed by atoms with van der Waals surface area (Å²) in [6.45, 7) is 0.991. The van der Waals surface area contributed by atoms with Crippen LogP contribution in [0.5, 0.6) is 0 Å². The Morgan fingerprint density at radius 3 is 2.75 bits per heavy atom. The molecule has 1 N–H and O–H groups in total. The predicted molar refractivity (Wildman–Crippen MR) is 62.8 cm³/mol. The quantitative estimate of drug-likeness (QED) is 0.833. The highest BCUT2D eigenvalue weighted by molar-refractivity contribution is 7.91. The fourth-order valence-corrected chi connectivity index (χ4v) is 3.55. The van der Waals surface area contributed by atoms with E-state index in [0.29, 0.717) is 18.0 Å². The molecule has 1 rings (SSSR count). The monoisotopic (exact) mass is 259 g/mol. The molecule has 0 bridgehead atoms. The highest BCUT2D eigenvalue weighted by Crippen LogP contribution is 2.23. The minimum absolute atomic E-state index is 0.211. The fourth-order valence-electron chi connectivity index (χ4n) is 1.06. The third-order valence-electron chi connectivity index (χ3n) is 2.03. The van der Waals surface area contributed by atoms with E-state index in [0.717, 1.165) is 11.3 Å². The zero-order valence-corrected chi connectivity index (χ0v) is 10.7. The number of nitriles is 1. The molecule has 0 radical (unpaired) electrons. The molecule has 0 aliphatic rings. The Morgan fingerprint density at radius 1 is 1.56 bits per heavy atom. The summed E-state index contributed by atoms with van der Waals surface area (Å²) >= 11 is 0.990. The van der Waals surface area contributed by atoms with Gasteiger partial charge in [0.1, 0.15) is 15.2 Å². The van der Waals surface area contributed by atoms with Gasteiger partial charge in [-0.15, -0.1) is 11.3 Å². The van der Waals surface area contributed by atoms with Crippen LogP contribution in [0.15, 0.2) is 16.3 Å². The first-order valence-corrected chi connectivity index (χ1v) is 6.89. The second-order valence-corrected chi connectivity index (χ2v) is 6.52. The second-order valence-electron chi connectivity index (χ2n) is 3.16. The molecule has 5 nitrogen and oxygen atoms in total. The van der Waals surface area contributed by atoms with Crippen molar-refractivity contribution >= 4 is 21.4 Å². The first-order valence-electron chi connectivity index (χ1n) is 4.63. The zero-order chi connectivity index (χ0) is 12.2. The lowest BCUT2D eigenvalue weighted by Gasteiger charge is -2.15. The van der Waals surface area contributed by atoms with Crippen LogP contribution < -0.4 is 5.32 Å². The summed E-state index contributed by atoms with van der Waals surface area (Å²) in [5.74, 6) is 0. The molecule has 0 saturated carbocycles. The van der Waals surface area contributed by atoms with E-state index in [1.165, 1.54) is 23.5 Å². The normalized spacial score (nSPS) is 11.6. The van der Waals surface area contributed by atoms with Crippen LogP contribution in [-0.2, 0) is 10.0 Å². The Morgan fingerprint density at radius 2 is 2.25 bits per heavy atom. The lowest BCUT2D eigenvalue weighted by Crippen LogP contribution is -2.32. The van der Waals surface area contributed by atoms with Crippen molar-refractivity contribution in [3.63, 3.8) is 0 Å². The maximum Gasteiger partial charge on any atom is 0.252 e. The van der Waals surface area contributed by atoms with E-state index in [2.05, 4.69) is 5.32 Å². The SMILES string of the molecule is CNCCN(C)S(=O)(=O)c1ccc(C#N)s1. The van der Waals surface area contributed by atoms with Gasteiger partial charge in [0.25, 0.3) is 10.0 Å². The van der Waals surface area contributed by atoms with Crippen molar-refractivity contribution in [1.29, 1.82) is 5.26 Å². The lowest BCUT2D eigenvalue weighted by atomic mass is 10.5. The van der Waals surface area contributed by atoms with Gasteiger partial charge in [0.15, 0.2) is 0 Å². The van der Waals surface area contributed by atoms with Crippen LogP contribution in [0.3, 0.4) is 0 Å². The molecule has 0 fully saturated rings. The van der Waals surface area contributed by atoms with Crippen LogP contribution in [0, 0.1) is 11.3 Å². The molecular formula is C9H13N3O2S2. The maximum atomic E-state index is 12.0. The Bertz CT molecular complexity index is 487. The summed E-state index contributed by atoms with van der Waals surface area (Å²) in [6.07, 6.45) is 0. The smallest absolute Gasteiger partial charge is 0.252 e. The molecule has 1 aromatic rings. The largest absolute Gasteiger partial charge is 0.318 e. The van der Waals surface area contributed by atoms with Crippen molar-refractivity contribution in [2.45, 2.75) is 4.21 Å². The predicted octanol–water partition coefficient (Wildman–Crippen LogP) is 0.460. The number of sulfonamides is 1. The van der Waals surface area contributed by atoms with E-state index in [1.807, 2.05) is 6.07 Å². The highest BCUT2D eigenvalue weighted by Gasteiger charge is 2.22. The van der Waals surface area contributed by atoms with Crippen molar-refractivity contribution in [3.05, 3.63) is 17.0 Å². The summed E-state index contributed by atoms with van der Waals surface area (Å²) in [5, 5.41) is 11.5. The number of nitrogens with zero attached hydrogens (tertiary/aromatic N) is 2. The number of hydrogen-bond acceptors (Lipinski definition) is 5. The van der Waals surface area contributed by atoms with E-state index >= 15 is 0 Å². The van der Waals surface area contributed by atoms with Crippen LogP contribution in [0.1, 0.15) is 4.88 Å². The zero-order valence-electron chi connectivity index (χ0n) is 9.10. The molecule has 0 atom stereocenters. The number of hydrogen-bond donors (Lipinski definition) is 1. The first-order chi connectivity index (χ1) is 7.52. The highest BCUT2D eigenvalue weighted by atomic mass is 32.2. The molecule has 0 spiro atoms. The molecule has 1 heterocycles. The van der Waals surface area contributed by atoms with Gasteiger partial charge in [-0.1, -0.05) is 0 Å². The third-order valence-corrected chi connectivity index (χ3v) is 5.35. The van der Waals surface area contributed by atoms with E-state index in [-0.39, 0.29) is 4.21 Å². The van der Waals surface area contributed by atoms with Gasteiger partial charge in [-0.05, 0) is 19.2 Å². The van der Waals surface area contributed by atoms with Crippen LogP contribution >= 0.6 is 11.3 Å². The molecule has 0 amide bonds. The Kier molecular flexibility index (Phi) is 4.44. The van der Waals surface area contributed by atoms with Crippen molar-refractivity contribution in [2.75, 3.05) is 27.2 Å². The number of nitrogens with one attached hydrogen (secondary N) is 1. The summed E-state index contributed by atoms with van der Waals surface area (Å²) < 4.78 is 25.4. The molecule has 0 saturated heterocycles. The molecule has 88 valence electrons. The number of thiophene rings is 1. The average molecular weight is 259 g/mol. The van der Waals surface area contributed by atoms with Crippen LogP contribution in [0.2, 0.25) is 0 Å². The molecule has 0 unspecified atom stereocenters. The van der Waals surface area contributed by atoms with Gasteiger partial charge in [-0.25, -0.2) is 8.42 Å². The molecule has 16 heavy (non-hydrogen) atoms. The van der Waals surface area contributed by atoms with Gasteiger partial charge < -0.3 is 5.32 Å². The van der Waals surface area contributed by atoms with Gasteiger partial charge in [-0.2, -0.15) is 9.57 Å². The summed E-state index contributed by atoms with van der Waals surface area (Å²) in [6, 6.07) is 4.91. The maximum absolute atomic E-state index is 12.0. The van der Waals surface area contributed by atoms with E-state index in [1.54, 1.807) is 7.05 Å². The van der Waals surface area contributed by atoms with Gasteiger partial charge in [-0.3, -0.25) is 0 Å². The second kappa shape index (κ2) is 5.41. The molecular weight excluding hydrogens is 246 g/mol. The van der Waals surface area contributed by atoms with Gasteiger partial charge in [0.05, 0.1) is 0 Å². The van der Waals surface area contributed by atoms with Crippen LogP contribution in [0.25, 0.3) is 0 Å². The van der Waals surface area contributed by atoms with Crippen LogP contribution in [-0.4, -0.2) is 39.9 Å². The Balaban J connectivity index is 2.89. The van der Waals surface area contributed by atoms with Crippen molar-refractivity contribution < 1.29 is 8.42 Å². The van der Waals surface area contributed by atoms with Crippen LogP contribution in [0.4, 0.5) is 0 Å². The molecule has 0 aliphatic carbocycles. The molecule has 7 heteroatoms. The van der Waals surface area contributed by atoms with Gasteiger partial charge in [0.2, 0.25) is 0 Å². The topological polar surface area (TPSA) is 73.2 Å². The van der Waals surface area contributed by atoms with E-state index < -0.39 is 10.0 Å². The molecule has 0 aromatic carbocycles. The van der Waals surface area contributed by atoms with Crippen molar-refractivity contribution in [2.24, 2.45) is 0 Å². The number of rotatable bonds is 5. The molecule has 1 aromatic heterocycles. The minimum Gasteiger partial charge on any atom is -0.318 e. The molecule has 0 aliphatic heterocycles. The summed E-state index contributed by atoms with van der Waals surface area (Å²) in [4.78, 5) is 0.403. The van der Waals surface area contributed by atoms with Crippen molar-refractivity contribution in [3.8, 4) is 6.07 Å². The van der Waals surface area contributed by atoms with E-state index in [4.69, 9.17) is 5.26 Å². The fraction of sp³-hybridized carbons (Fsp3) is 0.444. The first kappa shape index (κ1) is 13.1. The third kappa shape index (κ3) is 2.80. The number of likely N-dealkylation sites (N-methyl/N-ethyl adjacent to an activating group) is 2. The van der Waals surface area contributed by atoms with Gasteiger partial charge in [0, 0.05) is 20.1 Å². The minimum atomic E-state index is -3.44. The average Bonchev–Trinajstić information content (AvgIpc) is 2.74. The van der Waals surface area contributed by atoms with E-state index in [9.17, 15) is 8.42 Å². The standard InChI is InChI=1S/C9H13N3O2S2/c1-11-5-6-12(2)16(13,14)9-4-3-8(7-10)15-9/h3-4,11H,5-6H2,1-2H3.